The summed E-state index contributed by atoms with van der Waals surface area (Å²) in [5.41, 5.74) is 2.20. The summed E-state index contributed by atoms with van der Waals surface area (Å²) in [4.78, 5) is 8.20. The van der Waals surface area contributed by atoms with Crippen LogP contribution < -0.4 is 5.32 Å². The van der Waals surface area contributed by atoms with Crippen LogP contribution in [-0.2, 0) is 0 Å². The van der Waals surface area contributed by atoms with Crippen molar-refractivity contribution in [2.24, 2.45) is 0 Å². The van der Waals surface area contributed by atoms with E-state index >= 15 is 0 Å². The number of aromatic nitrogens is 2. The van der Waals surface area contributed by atoms with Gasteiger partial charge in [0.25, 0.3) is 0 Å². The lowest BCUT2D eigenvalue weighted by Gasteiger charge is -2.31. The molecule has 1 fully saturated rings. The Hall–Kier alpha value is -1.32. The summed E-state index contributed by atoms with van der Waals surface area (Å²) in [6, 6.07) is 8.93. The summed E-state index contributed by atoms with van der Waals surface area (Å²) < 4.78 is 0. The van der Waals surface area contributed by atoms with Gasteiger partial charge in [-0.15, -0.1) is 0 Å². The molecule has 2 N–H and O–H groups in total. The second kappa shape index (κ2) is 8.68. The van der Waals surface area contributed by atoms with Gasteiger partial charge in [-0.2, -0.15) is 0 Å². The van der Waals surface area contributed by atoms with Gasteiger partial charge >= 0.3 is 0 Å². The van der Waals surface area contributed by atoms with Gasteiger partial charge in [-0.25, -0.2) is 4.98 Å². The molecule has 130 valence electrons. The highest BCUT2D eigenvalue weighted by Crippen LogP contribution is 2.27. The lowest BCUT2D eigenvalue weighted by molar-refractivity contribution is 0.289. The topological polar surface area (TPSA) is 40.7 Å². The van der Waals surface area contributed by atoms with Crippen LogP contribution in [0.3, 0.4) is 0 Å². The quantitative estimate of drug-likeness (QED) is 0.557. The van der Waals surface area contributed by atoms with Crippen molar-refractivity contribution >= 4 is 11.6 Å². The molecule has 1 aliphatic rings. The van der Waals surface area contributed by atoms with E-state index in [-0.39, 0.29) is 0 Å². The Labute approximate surface area is 150 Å². The number of hydrogen-bond acceptors (Lipinski definition) is 2. The van der Waals surface area contributed by atoms with Crippen molar-refractivity contribution in [1.82, 2.24) is 15.3 Å². The van der Waals surface area contributed by atoms with E-state index in [0.29, 0.717) is 12.1 Å². The molecule has 0 aliphatic heterocycles. The molecule has 4 heteroatoms. The smallest absolute Gasteiger partial charge is 0.123 e. The molecular weight excluding hydrogens is 318 g/mol. The third-order valence-electron chi connectivity index (χ3n) is 4.97. The molecule has 1 unspecified atom stereocenters. The maximum Gasteiger partial charge on any atom is 0.123 e. The number of aromatic amines is 1. The fraction of sp³-hybridized carbons (Fsp3) is 0.550. The van der Waals surface area contributed by atoms with E-state index in [1.807, 2.05) is 30.5 Å². The molecule has 0 bridgehead atoms. The second-order valence-electron chi connectivity index (χ2n) is 6.89. The number of rotatable bonds is 9. The Bertz CT molecular complexity index is 616. The minimum atomic E-state index is 0.341. The maximum atomic E-state index is 5.98. The summed E-state index contributed by atoms with van der Waals surface area (Å²) in [6.45, 7) is 2.26. The molecule has 0 radical (unpaired) electrons. The summed E-state index contributed by atoms with van der Waals surface area (Å²) in [5.74, 6) is 1.07. The normalized spacial score (nSPS) is 16.1. The van der Waals surface area contributed by atoms with Crippen molar-refractivity contribution in [3.8, 4) is 11.3 Å². The molecule has 1 aliphatic carbocycles. The molecule has 0 amide bonds. The van der Waals surface area contributed by atoms with Gasteiger partial charge in [-0.1, -0.05) is 62.8 Å². The van der Waals surface area contributed by atoms with Crippen LogP contribution in [0.5, 0.6) is 0 Å². The predicted molar refractivity (Wildman–Crippen MR) is 101 cm³/mol. The van der Waals surface area contributed by atoms with Gasteiger partial charge in [-0.05, 0) is 37.0 Å². The first kappa shape index (κ1) is 17.5. The largest absolute Gasteiger partial charge is 0.341 e. The molecule has 1 aromatic carbocycles. The van der Waals surface area contributed by atoms with E-state index in [2.05, 4.69) is 22.2 Å². The van der Waals surface area contributed by atoms with E-state index in [0.717, 1.165) is 28.5 Å². The third kappa shape index (κ3) is 4.61. The van der Waals surface area contributed by atoms with Crippen molar-refractivity contribution < 1.29 is 0 Å². The lowest BCUT2D eigenvalue weighted by Crippen LogP contribution is -2.38. The number of nitrogens with zero attached hydrogens (tertiary/aromatic N) is 1. The first-order valence-corrected chi connectivity index (χ1v) is 9.71. The Morgan fingerprint density at radius 3 is 2.67 bits per heavy atom. The zero-order valence-electron chi connectivity index (χ0n) is 14.5. The zero-order chi connectivity index (χ0) is 16.8. The van der Waals surface area contributed by atoms with Crippen molar-refractivity contribution in [3.05, 3.63) is 41.3 Å². The Morgan fingerprint density at radius 1 is 1.21 bits per heavy atom. The van der Waals surface area contributed by atoms with Crippen LogP contribution in [0.15, 0.2) is 30.5 Å². The third-order valence-corrected chi connectivity index (χ3v) is 5.22. The van der Waals surface area contributed by atoms with Crippen molar-refractivity contribution in [1.29, 1.82) is 0 Å². The average molecular weight is 346 g/mol. The maximum absolute atomic E-state index is 5.98. The average Bonchev–Trinajstić information content (AvgIpc) is 3.03. The molecular formula is C20H28ClN3. The Kier molecular flexibility index (Phi) is 6.33. The van der Waals surface area contributed by atoms with E-state index in [1.54, 1.807) is 0 Å². The zero-order valence-corrected chi connectivity index (χ0v) is 15.3. The highest BCUT2D eigenvalue weighted by Gasteiger charge is 2.23. The van der Waals surface area contributed by atoms with Gasteiger partial charge < -0.3 is 10.3 Å². The predicted octanol–water partition coefficient (Wildman–Crippen LogP) is 5.88. The number of H-pyrrole nitrogens is 1. The van der Waals surface area contributed by atoms with Crippen LogP contribution in [0, 0.1) is 0 Å². The number of benzene rings is 1. The van der Waals surface area contributed by atoms with Gasteiger partial charge in [0.15, 0.2) is 0 Å². The molecule has 24 heavy (non-hydrogen) atoms. The van der Waals surface area contributed by atoms with Crippen LogP contribution in [0.2, 0.25) is 5.02 Å². The molecule has 1 atom stereocenters. The molecule has 1 heterocycles. The number of imidazole rings is 1. The standard InChI is InChI=1S/C20H28ClN3/c1-2-3-4-5-9-18(23-17-7-6-8-17)20-22-14-19(24-20)15-10-12-16(21)13-11-15/h10-14,17-18,23H,2-9H2,1H3,(H,22,24). The fourth-order valence-corrected chi connectivity index (χ4v) is 3.35. The van der Waals surface area contributed by atoms with Crippen LogP contribution in [0.4, 0.5) is 0 Å². The summed E-state index contributed by atoms with van der Waals surface area (Å²) in [5, 5.41) is 4.57. The van der Waals surface area contributed by atoms with Crippen LogP contribution >= 0.6 is 11.6 Å². The summed E-state index contributed by atoms with van der Waals surface area (Å²) in [7, 11) is 0. The lowest BCUT2D eigenvalue weighted by atomic mass is 9.91. The van der Waals surface area contributed by atoms with Crippen molar-refractivity contribution in [3.63, 3.8) is 0 Å². The second-order valence-corrected chi connectivity index (χ2v) is 7.32. The van der Waals surface area contributed by atoms with Gasteiger partial charge in [0.2, 0.25) is 0 Å². The molecule has 0 saturated heterocycles. The fourth-order valence-electron chi connectivity index (χ4n) is 3.22. The molecule has 1 saturated carbocycles. The molecule has 3 nitrogen and oxygen atoms in total. The van der Waals surface area contributed by atoms with Crippen molar-refractivity contribution in [2.45, 2.75) is 70.4 Å². The van der Waals surface area contributed by atoms with Gasteiger partial charge in [-0.3, -0.25) is 0 Å². The molecule has 3 rings (SSSR count). The van der Waals surface area contributed by atoms with Crippen LogP contribution in [0.25, 0.3) is 11.3 Å². The Balaban J connectivity index is 1.67. The first-order chi connectivity index (χ1) is 11.8. The van der Waals surface area contributed by atoms with E-state index < -0.39 is 0 Å². The highest BCUT2D eigenvalue weighted by molar-refractivity contribution is 6.30. The van der Waals surface area contributed by atoms with Gasteiger partial charge in [0.1, 0.15) is 5.82 Å². The van der Waals surface area contributed by atoms with Crippen LogP contribution in [0.1, 0.15) is 70.2 Å². The number of unbranched alkanes of at least 4 members (excludes halogenated alkanes) is 3. The van der Waals surface area contributed by atoms with E-state index in [1.165, 1.54) is 44.9 Å². The number of halogens is 1. The summed E-state index contributed by atoms with van der Waals surface area (Å²) in [6.07, 6.45) is 12.2. The van der Waals surface area contributed by atoms with Crippen LogP contribution in [-0.4, -0.2) is 16.0 Å². The number of hydrogen-bond donors (Lipinski definition) is 2. The summed E-state index contributed by atoms with van der Waals surface area (Å²) >= 11 is 5.98. The van der Waals surface area contributed by atoms with Crippen molar-refractivity contribution in [2.75, 3.05) is 0 Å². The number of nitrogens with one attached hydrogen (secondary N) is 2. The monoisotopic (exact) mass is 345 g/mol. The van der Waals surface area contributed by atoms with Gasteiger partial charge in [0.05, 0.1) is 17.9 Å². The molecule has 0 spiro atoms. The molecule has 1 aromatic heterocycles. The van der Waals surface area contributed by atoms with E-state index in [9.17, 15) is 0 Å². The highest BCUT2D eigenvalue weighted by atomic mass is 35.5. The molecule has 2 aromatic rings. The minimum Gasteiger partial charge on any atom is -0.341 e. The van der Waals surface area contributed by atoms with Gasteiger partial charge in [0, 0.05) is 11.1 Å². The first-order valence-electron chi connectivity index (χ1n) is 9.33. The minimum absolute atomic E-state index is 0.341. The SMILES string of the molecule is CCCCCCC(NC1CCC1)c1ncc(-c2ccc(Cl)cc2)[nH]1. The van der Waals surface area contributed by atoms with E-state index in [4.69, 9.17) is 11.6 Å². The Morgan fingerprint density at radius 2 is 2.00 bits per heavy atom.